The molecule has 0 saturated carbocycles. The molecule has 1 rings (SSSR count). The van der Waals surface area contributed by atoms with Crippen LogP contribution in [0.25, 0.3) is 0 Å². The van der Waals surface area contributed by atoms with Gasteiger partial charge in [-0.2, -0.15) is 0 Å². The van der Waals surface area contributed by atoms with Crippen LogP contribution in [0.2, 0.25) is 0 Å². The smallest absolute Gasteiger partial charge is 0.0491 e. The summed E-state index contributed by atoms with van der Waals surface area (Å²) < 4.78 is 5.24. The second-order valence-corrected chi connectivity index (χ2v) is 5.32. The first kappa shape index (κ1) is 14.9. The van der Waals surface area contributed by atoms with E-state index in [-0.39, 0.29) is 0 Å². The molecule has 102 valence electrons. The first-order chi connectivity index (χ1) is 8.27. The third-order valence-electron chi connectivity index (χ3n) is 3.84. The van der Waals surface area contributed by atoms with Crippen molar-refractivity contribution in [3.63, 3.8) is 0 Å². The molecule has 0 bridgehead atoms. The minimum atomic E-state index is 0.725. The molecular weight excluding hydrogens is 212 g/mol. The van der Waals surface area contributed by atoms with Gasteiger partial charge in [0.1, 0.15) is 0 Å². The Morgan fingerprint density at radius 2 is 2.00 bits per heavy atom. The van der Waals surface area contributed by atoms with Crippen LogP contribution in [0, 0.1) is 5.92 Å². The Balaban J connectivity index is 2.10. The zero-order valence-corrected chi connectivity index (χ0v) is 11.9. The van der Waals surface area contributed by atoms with Gasteiger partial charge in [0, 0.05) is 19.8 Å². The van der Waals surface area contributed by atoms with Crippen molar-refractivity contribution in [2.75, 3.05) is 39.9 Å². The number of rotatable bonds is 8. The maximum atomic E-state index is 5.24. The number of piperidine rings is 1. The molecule has 0 amide bonds. The van der Waals surface area contributed by atoms with Crippen molar-refractivity contribution < 1.29 is 4.74 Å². The predicted molar refractivity (Wildman–Crippen MR) is 73.4 cm³/mol. The molecule has 0 spiro atoms. The van der Waals surface area contributed by atoms with E-state index >= 15 is 0 Å². The summed E-state index contributed by atoms with van der Waals surface area (Å²) >= 11 is 0. The average molecular weight is 242 g/mol. The highest BCUT2D eigenvalue weighted by atomic mass is 16.5. The van der Waals surface area contributed by atoms with E-state index in [1.807, 2.05) is 7.11 Å². The fourth-order valence-corrected chi connectivity index (χ4v) is 2.59. The van der Waals surface area contributed by atoms with Crippen LogP contribution in [0.4, 0.5) is 0 Å². The molecule has 0 radical (unpaired) electrons. The molecule has 3 nitrogen and oxygen atoms in total. The quantitative estimate of drug-likeness (QED) is 0.660. The van der Waals surface area contributed by atoms with E-state index in [0.717, 1.165) is 31.7 Å². The number of ether oxygens (including phenoxy) is 1. The van der Waals surface area contributed by atoms with E-state index in [1.165, 1.54) is 38.8 Å². The lowest BCUT2D eigenvalue weighted by Gasteiger charge is -2.36. The van der Waals surface area contributed by atoms with Gasteiger partial charge in [-0.3, -0.25) is 0 Å². The van der Waals surface area contributed by atoms with Crippen molar-refractivity contribution >= 4 is 0 Å². The number of likely N-dealkylation sites (tertiary alicyclic amines) is 1. The molecule has 1 fully saturated rings. The molecule has 1 N–H and O–H groups in total. The molecule has 0 aromatic carbocycles. The van der Waals surface area contributed by atoms with Crippen LogP contribution in [0.3, 0.4) is 0 Å². The summed E-state index contributed by atoms with van der Waals surface area (Å²) in [4.78, 5) is 2.64. The highest BCUT2D eigenvalue weighted by Gasteiger charge is 2.22. The molecule has 1 aliphatic rings. The van der Waals surface area contributed by atoms with Crippen molar-refractivity contribution in [1.82, 2.24) is 10.2 Å². The molecule has 1 saturated heterocycles. The summed E-state index contributed by atoms with van der Waals surface area (Å²) in [6.07, 6.45) is 5.12. The molecule has 0 aromatic rings. The zero-order chi connectivity index (χ0) is 12.5. The van der Waals surface area contributed by atoms with E-state index in [4.69, 9.17) is 4.74 Å². The van der Waals surface area contributed by atoms with Gasteiger partial charge in [-0.1, -0.05) is 6.92 Å². The fraction of sp³-hybridized carbons (Fsp3) is 1.00. The Labute approximate surface area is 107 Å². The van der Waals surface area contributed by atoms with Crippen LogP contribution in [0.1, 0.15) is 39.5 Å². The Morgan fingerprint density at radius 1 is 1.29 bits per heavy atom. The van der Waals surface area contributed by atoms with Crippen LogP contribution in [-0.4, -0.2) is 50.8 Å². The van der Waals surface area contributed by atoms with Gasteiger partial charge in [0.2, 0.25) is 0 Å². The SMILES string of the molecule is CCCNCCC(C)N1CCC(COC)CC1. The summed E-state index contributed by atoms with van der Waals surface area (Å²) in [6, 6.07) is 0.725. The number of hydrogen-bond donors (Lipinski definition) is 1. The Bertz CT molecular complexity index is 179. The van der Waals surface area contributed by atoms with E-state index < -0.39 is 0 Å². The van der Waals surface area contributed by atoms with Gasteiger partial charge in [-0.05, 0) is 64.7 Å². The average Bonchev–Trinajstić information content (AvgIpc) is 2.36. The maximum absolute atomic E-state index is 5.24. The van der Waals surface area contributed by atoms with Crippen molar-refractivity contribution in [2.45, 2.75) is 45.6 Å². The molecule has 1 unspecified atom stereocenters. The Kier molecular flexibility index (Phi) is 7.82. The molecule has 1 aliphatic heterocycles. The van der Waals surface area contributed by atoms with Gasteiger partial charge in [0.15, 0.2) is 0 Å². The monoisotopic (exact) mass is 242 g/mol. The molecule has 3 heteroatoms. The maximum Gasteiger partial charge on any atom is 0.0491 e. The van der Waals surface area contributed by atoms with Crippen LogP contribution in [0.15, 0.2) is 0 Å². The summed E-state index contributed by atoms with van der Waals surface area (Å²) in [5, 5.41) is 3.49. The Morgan fingerprint density at radius 3 is 2.59 bits per heavy atom. The highest BCUT2D eigenvalue weighted by Crippen LogP contribution is 2.19. The number of hydrogen-bond acceptors (Lipinski definition) is 3. The molecule has 0 aliphatic carbocycles. The van der Waals surface area contributed by atoms with Crippen LogP contribution in [0.5, 0.6) is 0 Å². The minimum Gasteiger partial charge on any atom is -0.384 e. The lowest BCUT2D eigenvalue weighted by atomic mass is 9.96. The third-order valence-corrected chi connectivity index (χ3v) is 3.84. The lowest BCUT2D eigenvalue weighted by molar-refractivity contribution is 0.0814. The minimum absolute atomic E-state index is 0.725. The van der Waals surface area contributed by atoms with Gasteiger partial charge in [0.25, 0.3) is 0 Å². The predicted octanol–water partition coefficient (Wildman–Crippen LogP) is 2.12. The highest BCUT2D eigenvalue weighted by molar-refractivity contribution is 4.76. The number of methoxy groups -OCH3 is 1. The van der Waals surface area contributed by atoms with Gasteiger partial charge in [-0.15, -0.1) is 0 Å². The first-order valence-corrected chi connectivity index (χ1v) is 7.21. The van der Waals surface area contributed by atoms with Crippen LogP contribution in [-0.2, 0) is 4.74 Å². The molecule has 17 heavy (non-hydrogen) atoms. The lowest BCUT2D eigenvalue weighted by Crippen LogP contribution is -2.41. The number of nitrogens with one attached hydrogen (secondary N) is 1. The van der Waals surface area contributed by atoms with Crippen molar-refractivity contribution in [1.29, 1.82) is 0 Å². The normalized spacial score (nSPS) is 20.6. The van der Waals surface area contributed by atoms with Gasteiger partial charge < -0.3 is 15.0 Å². The van der Waals surface area contributed by atoms with Gasteiger partial charge in [-0.25, -0.2) is 0 Å². The largest absolute Gasteiger partial charge is 0.384 e. The van der Waals surface area contributed by atoms with E-state index in [9.17, 15) is 0 Å². The molecule has 0 aromatic heterocycles. The van der Waals surface area contributed by atoms with Crippen molar-refractivity contribution in [2.24, 2.45) is 5.92 Å². The van der Waals surface area contributed by atoms with E-state index in [2.05, 4.69) is 24.1 Å². The summed E-state index contributed by atoms with van der Waals surface area (Å²) in [7, 11) is 1.81. The van der Waals surface area contributed by atoms with Crippen LogP contribution >= 0.6 is 0 Å². The number of nitrogens with zero attached hydrogens (tertiary/aromatic N) is 1. The fourth-order valence-electron chi connectivity index (χ4n) is 2.59. The summed E-state index contributed by atoms with van der Waals surface area (Å²) in [5.41, 5.74) is 0. The molecular formula is C14H30N2O. The summed E-state index contributed by atoms with van der Waals surface area (Å²) in [5.74, 6) is 0.793. The first-order valence-electron chi connectivity index (χ1n) is 7.21. The van der Waals surface area contributed by atoms with Crippen LogP contribution < -0.4 is 5.32 Å². The third kappa shape index (κ3) is 5.84. The zero-order valence-electron chi connectivity index (χ0n) is 11.9. The van der Waals surface area contributed by atoms with Gasteiger partial charge in [0.05, 0.1) is 0 Å². The standard InChI is InChI=1S/C14H30N2O/c1-4-8-15-9-5-13(2)16-10-6-14(7-11-16)12-17-3/h13-15H,4-12H2,1-3H3. The molecule has 1 heterocycles. The summed E-state index contributed by atoms with van der Waals surface area (Å²) in [6.45, 7) is 10.4. The van der Waals surface area contributed by atoms with Crippen molar-refractivity contribution in [3.05, 3.63) is 0 Å². The second-order valence-electron chi connectivity index (χ2n) is 5.32. The van der Waals surface area contributed by atoms with Gasteiger partial charge >= 0.3 is 0 Å². The van der Waals surface area contributed by atoms with Crippen molar-refractivity contribution in [3.8, 4) is 0 Å². The second kappa shape index (κ2) is 8.90. The Hall–Kier alpha value is -0.120. The van der Waals surface area contributed by atoms with E-state index in [1.54, 1.807) is 0 Å². The molecule has 1 atom stereocenters. The topological polar surface area (TPSA) is 24.5 Å². The van der Waals surface area contributed by atoms with E-state index in [0.29, 0.717) is 0 Å².